The molecule has 64 heavy (non-hydrogen) atoms. The van der Waals surface area contributed by atoms with Crippen LogP contribution in [0.3, 0.4) is 0 Å². The van der Waals surface area contributed by atoms with Crippen molar-refractivity contribution in [2.75, 3.05) is 301 Å². The summed E-state index contributed by atoms with van der Waals surface area (Å²) in [5.74, 6) is 0. The molecule has 5 fully saturated rings. The molecule has 0 aliphatic carbocycles. The molecule has 5 aliphatic rings. The first-order chi connectivity index (χ1) is 30.6. The summed E-state index contributed by atoms with van der Waals surface area (Å²) in [6.45, 7) is 38.7. The summed E-state index contributed by atoms with van der Waals surface area (Å²) in [6.07, 6.45) is 5.20. The third-order valence-electron chi connectivity index (χ3n) is 14.3. The Bertz CT molecular complexity index is 914. The molecule has 15 heteroatoms. The highest BCUT2D eigenvalue weighted by atomic mass is 15.3. The predicted molar refractivity (Wildman–Crippen MR) is 279 cm³/mol. The maximum absolute atomic E-state index is 2.66. The van der Waals surface area contributed by atoms with E-state index in [-0.39, 0.29) is 0 Å². The average Bonchev–Trinajstić information content (AvgIpc) is 3.34. The van der Waals surface area contributed by atoms with Crippen LogP contribution in [0.2, 0.25) is 0 Å². The smallest absolute Gasteiger partial charge is 0.0110 e. The van der Waals surface area contributed by atoms with Crippen LogP contribution in [0.5, 0.6) is 0 Å². The molecule has 0 N–H and O–H groups in total. The predicted octanol–water partition coefficient (Wildman–Crippen LogP) is 0.291. The van der Waals surface area contributed by atoms with Gasteiger partial charge in [0, 0.05) is 157 Å². The van der Waals surface area contributed by atoms with Gasteiger partial charge in [0.15, 0.2) is 0 Å². The largest absolute Gasteiger partial charge is 0.305 e. The summed E-state index contributed by atoms with van der Waals surface area (Å²) < 4.78 is 0. The van der Waals surface area contributed by atoms with Gasteiger partial charge in [0.25, 0.3) is 0 Å². The Hall–Kier alpha value is -0.600. The Morgan fingerprint density at radius 2 is 0.234 bits per heavy atom. The lowest BCUT2D eigenvalue weighted by Gasteiger charge is -2.34. The maximum Gasteiger partial charge on any atom is 0.0110 e. The number of hydrogen-bond acceptors (Lipinski definition) is 15. The molecule has 0 radical (unpaired) electrons. The van der Waals surface area contributed by atoms with Gasteiger partial charge in [-0.05, 0) is 170 Å². The third-order valence-corrected chi connectivity index (χ3v) is 14.3. The molecule has 2 bridgehead atoms. The van der Waals surface area contributed by atoms with E-state index in [0.29, 0.717) is 0 Å². The summed E-state index contributed by atoms with van der Waals surface area (Å²) in [6, 6.07) is 0. The topological polar surface area (TPSA) is 48.6 Å². The summed E-state index contributed by atoms with van der Waals surface area (Å²) in [4.78, 5) is 37.1. The molecule has 5 heterocycles. The van der Waals surface area contributed by atoms with Gasteiger partial charge in [-0.15, -0.1) is 0 Å². The SMILES string of the molecule is CN1CCCN(C)CCN(C)CCCN(C)CC1.CN1CCCN2CCN(C)CCCN(CC1)CC2.CN1CCN(C)CCN(C)CC1.CN1CCN(C)CCN(C)CCN(C)CC1. The lowest BCUT2D eigenvalue weighted by molar-refractivity contribution is 0.135. The van der Waals surface area contributed by atoms with E-state index >= 15 is 0 Å². The van der Waals surface area contributed by atoms with Crippen LogP contribution >= 0.6 is 0 Å². The van der Waals surface area contributed by atoms with Gasteiger partial charge in [0.1, 0.15) is 0 Å². The Labute approximate surface area is 399 Å². The van der Waals surface area contributed by atoms with E-state index in [2.05, 4.69) is 165 Å². The Balaban J connectivity index is 0.000000296. The first-order valence-electron chi connectivity index (χ1n) is 25.9. The summed E-state index contributed by atoms with van der Waals surface area (Å²) in [7, 11) is 29.0. The van der Waals surface area contributed by atoms with Crippen molar-refractivity contribution in [2.45, 2.75) is 25.7 Å². The zero-order valence-corrected chi connectivity index (χ0v) is 45.2. The van der Waals surface area contributed by atoms with Gasteiger partial charge in [-0.1, -0.05) is 0 Å². The number of nitrogens with zero attached hydrogens (tertiary/aromatic N) is 15. The highest BCUT2D eigenvalue weighted by Crippen LogP contribution is 2.05. The molecular formula is C49H111N15. The fraction of sp³-hybridized carbons (Fsp3) is 1.00. The lowest BCUT2D eigenvalue weighted by atomic mass is 10.2. The molecule has 5 aliphatic heterocycles. The minimum Gasteiger partial charge on any atom is -0.305 e. The molecule has 382 valence electrons. The number of likely N-dealkylation sites (N-methyl/N-ethyl adjacent to an activating group) is 13. The van der Waals surface area contributed by atoms with Crippen molar-refractivity contribution in [1.29, 1.82) is 0 Å². The quantitative estimate of drug-likeness (QED) is 0.335. The van der Waals surface area contributed by atoms with Gasteiger partial charge in [-0.25, -0.2) is 0 Å². The lowest BCUT2D eigenvalue weighted by Crippen LogP contribution is -2.45. The van der Waals surface area contributed by atoms with E-state index in [9.17, 15) is 0 Å². The fourth-order valence-electron chi connectivity index (χ4n) is 8.45. The van der Waals surface area contributed by atoms with Gasteiger partial charge in [0.05, 0.1) is 0 Å². The van der Waals surface area contributed by atoms with Crippen molar-refractivity contribution in [3.05, 3.63) is 0 Å². The molecule has 0 aromatic rings. The molecule has 0 aromatic carbocycles. The van der Waals surface area contributed by atoms with Crippen LogP contribution in [0.15, 0.2) is 0 Å². The van der Waals surface area contributed by atoms with Gasteiger partial charge >= 0.3 is 0 Å². The van der Waals surface area contributed by atoms with Crippen molar-refractivity contribution < 1.29 is 0 Å². The molecule has 0 amide bonds. The number of hydrogen-bond donors (Lipinski definition) is 0. The minimum atomic E-state index is 1.17. The zero-order valence-electron chi connectivity index (χ0n) is 45.2. The van der Waals surface area contributed by atoms with Crippen molar-refractivity contribution >= 4 is 0 Å². The summed E-state index contributed by atoms with van der Waals surface area (Å²) in [5, 5.41) is 0. The fourth-order valence-corrected chi connectivity index (χ4v) is 8.45. The molecule has 0 saturated carbocycles. The van der Waals surface area contributed by atoms with Crippen LogP contribution in [0.4, 0.5) is 0 Å². The van der Waals surface area contributed by atoms with Gasteiger partial charge in [-0.3, -0.25) is 0 Å². The normalized spacial score (nSPS) is 28.5. The van der Waals surface area contributed by atoms with Crippen molar-refractivity contribution in [2.24, 2.45) is 0 Å². The van der Waals surface area contributed by atoms with Crippen molar-refractivity contribution in [3.8, 4) is 0 Å². The zero-order chi connectivity index (χ0) is 47.1. The van der Waals surface area contributed by atoms with E-state index in [1.54, 1.807) is 0 Å². The standard InChI is InChI=1S/C14H30N4.C14H32N4.C12H28N4.C9H21N3/c1-15-5-3-7-18-12-10-16(2)6-4-8-17(11-9-15)13-14-18;1-15-7-5-8-17(3)13-14-18(4)10-6-9-16(2)12-11-15;1-13-5-7-14(2)9-11-16(4)12-10-15(3)8-6-13;1-10-4-6-11(2)8-9-12(3)7-5-10/h3-14H2,1-2H3;5-14H2,1-4H3;5-12H2,1-4H3;4-9H2,1-3H3. The van der Waals surface area contributed by atoms with Crippen molar-refractivity contribution in [1.82, 2.24) is 73.5 Å². The first-order valence-corrected chi connectivity index (χ1v) is 25.9. The van der Waals surface area contributed by atoms with Crippen LogP contribution in [-0.4, -0.2) is 375 Å². The second-order valence-electron chi connectivity index (χ2n) is 21.0. The highest BCUT2D eigenvalue weighted by molar-refractivity contribution is 4.73. The number of fused-ring (bicyclic) bond motifs is 3. The Kier molecular flexibility index (Phi) is 33.8. The van der Waals surface area contributed by atoms with Crippen LogP contribution in [-0.2, 0) is 0 Å². The van der Waals surface area contributed by atoms with Gasteiger partial charge in [0.2, 0.25) is 0 Å². The molecule has 0 spiro atoms. The molecule has 2 unspecified atom stereocenters. The molecule has 15 nitrogen and oxygen atoms in total. The van der Waals surface area contributed by atoms with E-state index in [0.717, 1.165) is 0 Å². The molecule has 2 atom stereocenters. The van der Waals surface area contributed by atoms with E-state index in [4.69, 9.17) is 0 Å². The third kappa shape index (κ3) is 32.2. The van der Waals surface area contributed by atoms with Crippen molar-refractivity contribution in [3.63, 3.8) is 0 Å². The molecule has 5 saturated heterocycles. The second-order valence-corrected chi connectivity index (χ2v) is 21.0. The van der Waals surface area contributed by atoms with E-state index in [1.165, 1.54) is 235 Å². The number of rotatable bonds is 0. The van der Waals surface area contributed by atoms with Crippen LogP contribution in [0, 0.1) is 0 Å². The van der Waals surface area contributed by atoms with Crippen LogP contribution < -0.4 is 0 Å². The van der Waals surface area contributed by atoms with Crippen LogP contribution in [0.25, 0.3) is 0 Å². The van der Waals surface area contributed by atoms with Gasteiger partial charge in [-0.2, -0.15) is 0 Å². The van der Waals surface area contributed by atoms with Gasteiger partial charge < -0.3 is 73.5 Å². The summed E-state index contributed by atoms with van der Waals surface area (Å²) >= 11 is 0. The molecule has 5 rings (SSSR count). The average molecular weight is 911 g/mol. The highest BCUT2D eigenvalue weighted by Gasteiger charge is 2.16. The minimum absolute atomic E-state index is 1.17. The monoisotopic (exact) mass is 910 g/mol. The Morgan fingerprint density at radius 3 is 0.406 bits per heavy atom. The Morgan fingerprint density at radius 1 is 0.125 bits per heavy atom. The molecular weight excluding hydrogens is 799 g/mol. The van der Waals surface area contributed by atoms with E-state index in [1.807, 2.05) is 0 Å². The molecule has 0 aromatic heterocycles. The first kappa shape index (κ1) is 59.5. The maximum atomic E-state index is 2.66. The van der Waals surface area contributed by atoms with Crippen LogP contribution in [0.1, 0.15) is 25.7 Å². The van der Waals surface area contributed by atoms with E-state index < -0.39 is 0 Å². The summed E-state index contributed by atoms with van der Waals surface area (Å²) in [5.41, 5.74) is 0. The second kappa shape index (κ2) is 36.4.